The van der Waals surface area contributed by atoms with Crippen LogP contribution in [0.25, 0.3) is 0 Å². The highest BCUT2D eigenvalue weighted by molar-refractivity contribution is 5.80. The second-order valence-electron chi connectivity index (χ2n) is 3.92. The number of amides is 1. The second-order valence-corrected chi connectivity index (χ2v) is 3.92. The number of ether oxygens (including phenoxy) is 1. The Morgan fingerprint density at radius 1 is 1.25 bits per heavy atom. The summed E-state index contributed by atoms with van der Waals surface area (Å²) in [5, 5.41) is 11.8. The Kier molecular flexibility index (Phi) is 4.17. The van der Waals surface area contributed by atoms with Crippen LogP contribution >= 0.6 is 0 Å². The van der Waals surface area contributed by atoms with Gasteiger partial charge in [-0.1, -0.05) is 0 Å². The SMILES string of the molecule is CC(C)NC(=O)C(C)Oc1ccc(O)cc1. The van der Waals surface area contributed by atoms with E-state index in [1.54, 1.807) is 19.1 Å². The van der Waals surface area contributed by atoms with E-state index >= 15 is 0 Å². The molecule has 1 unspecified atom stereocenters. The minimum atomic E-state index is -0.549. The number of phenols is 1. The van der Waals surface area contributed by atoms with E-state index in [0.717, 1.165) is 0 Å². The van der Waals surface area contributed by atoms with Crippen LogP contribution < -0.4 is 10.1 Å². The maximum atomic E-state index is 11.5. The number of hydrogen-bond acceptors (Lipinski definition) is 3. The van der Waals surface area contributed by atoms with Crippen molar-refractivity contribution in [2.24, 2.45) is 0 Å². The predicted molar refractivity (Wildman–Crippen MR) is 61.5 cm³/mol. The maximum Gasteiger partial charge on any atom is 0.260 e. The third kappa shape index (κ3) is 3.81. The van der Waals surface area contributed by atoms with Gasteiger partial charge in [-0.2, -0.15) is 0 Å². The van der Waals surface area contributed by atoms with Crippen LogP contribution in [0.2, 0.25) is 0 Å². The van der Waals surface area contributed by atoms with Gasteiger partial charge in [0.1, 0.15) is 11.5 Å². The van der Waals surface area contributed by atoms with Crippen molar-refractivity contribution in [3.05, 3.63) is 24.3 Å². The number of hydrogen-bond donors (Lipinski definition) is 2. The van der Waals surface area contributed by atoms with E-state index in [4.69, 9.17) is 9.84 Å². The van der Waals surface area contributed by atoms with E-state index < -0.39 is 6.10 Å². The zero-order chi connectivity index (χ0) is 12.1. The van der Waals surface area contributed by atoms with Crippen molar-refractivity contribution in [2.45, 2.75) is 32.9 Å². The summed E-state index contributed by atoms with van der Waals surface area (Å²) in [5.74, 6) is 0.582. The summed E-state index contributed by atoms with van der Waals surface area (Å²) in [6, 6.07) is 6.37. The zero-order valence-electron chi connectivity index (χ0n) is 9.73. The molecule has 0 saturated heterocycles. The predicted octanol–water partition coefficient (Wildman–Crippen LogP) is 1.68. The van der Waals surface area contributed by atoms with Gasteiger partial charge in [-0.3, -0.25) is 4.79 Å². The molecule has 0 saturated carbocycles. The molecule has 88 valence electrons. The molecule has 0 aliphatic carbocycles. The molecule has 0 aliphatic rings. The molecular weight excluding hydrogens is 206 g/mol. The number of carbonyl (C=O) groups excluding carboxylic acids is 1. The van der Waals surface area contributed by atoms with Crippen molar-refractivity contribution in [3.8, 4) is 11.5 Å². The van der Waals surface area contributed by atoms with E-state index in [1.165, 1.54) is 12.1 Å². The molecule has 0 heterocycles. The average Bonchev–Trinajstić information content (AvgIpc) is 2.20. The summed E-state index contributed by atoms with van der Waals surface area (Å²) in [7, 11) is 0. The van der Waals surface area contributed by atoms with Crippen molar-refractivity contribution < 1.29 is 14.6 Å². The highest BCUT2D eigenvalue weighted by Crippen LogP contribution is 2.17. The smallest absolute Gasteiger partial charge is 0.260 e. The van der Waals surface area contributed by atoms with Crippen molar-refractivity contribution in [2.75, 3.05) is 0 Å². The van der Waals surface area contributed by atoms with Gasteiger partial charge in [0.05, 0.1) is 0 Å². The lowest BCUT2D eigenvalue weighted by Gasteiger charge is -2.16. The molecule has 16 heavy (non-hydrogen) atoms. The number of phenolic OH excluding ortho intramolecular Hbond substituents is 1. The summed E-state index contributed by atoms with van der Waals surface area (Å²) in [6.07, 6.45) is -0.549. The first-order valence-corrected chi connectivity index (χ1v) is 5.25. The molecule has 0 aromatic heterocycles. The van der Waals surface area contributed by atoms with Crippen LogP contribution in [0.4, 0.5) is 0 Å². The molecule has 4 heteroatoms. The summed E-state index contributed by atoms with van der Waals surface area (Å²) < 4.78 is 5.41. The average molecular weight is 223 g/mol. The first-order chi connectivity index (χ1) is 7.49. The lowest BCUT2D eigenvalue weighted by Crippen LogP contribution is -2.39. The summed E-state index contributed by atoms with van der Waals surface area (Å²) >= 11 is 0. The van der Waals surface area contributed by atoms with Crippen LogP contribution in [-0.2, 0) is 4.79 Å². The van der Waals surface area contributed by atoms with Crippen LogP contribution in [0.15, 0.2) is 24.3 Å². The van der Waals surface area contributed by atoms with E-state index in [1.807, 2.05) is 13.8 Å². The van der Waals surface area contributed by atoms with Gasteiger partial charge in [0.2, 0.25) is 0 Å². The molecule has 1 atom stereocenters. The molecule has 4 nitrogen and oxygen atoms in total. The maximum absolute atomic E-state index is 11.5. The Labute approximate surface area is 95.2 Å². The Bertz CT molecular complexity index is 346. The second kappa shape index (κ2) is 5.39. The van der Waals surface area contributed by atoms with Crippen LogP contribution in [0.1, 0.15) is 20.8 Å². The monoisotopic (exact) mass is 223 g/mol. The molecule has 1 aromatic carbocycles. The van der Waals surface area contributed by atoms with Gasteiger partial charge in [0.25, 0.3) is 5.91 Å². The van der Waals surface area contributed by atoms with Crippen LogP contribution in [-0.4, -0.2) is 23.2 Å². The third-order valence-corrected chi connectivity index (χ3v) is 1.95. The molecule has 0 radical (unpaired) electrons. The molecular formula is C12H17NO3. The van der Waals surface area contributed by atoms with E-state index in [9.17, 15) is 4.79 Å². The van der Waals surface area contributed by atoms with Crippen molar-refractivity contribution >= 4 is 5.91 Å². The Balaban J connectivity index is 2.53. The molecule has 1 amide bonds. The van der Waals surface area contributed by atoms with Gasteiger partial charge in [-0.15, -0.1) is 0 Å². The Hall–Kier alpha value is -1.71. The molecule has 0 bridgehead atoms. The zero-order valence-corrected chi connectivity index (χ0v) is 9.73. The van der Waals surface area contributed by atoms with Crippen molar-refractivity contribution in [3.63, 3.8) is 0 Å². The molecule has 0 spiro atoms. The fraction of sp³-hybridized carbons (Fsp3) is 0.417. The first kappa shape index (κ1) is 12.4. The highest BCUT2D eigenvalue weighted by Gasteiger charge is 2.14. The molecule has 0 aliphatic heterocycles. The first-order valence-electron chi connectivity index (χ1n) is 5.25. The van der Waals surface area contributed by atoms with Gasteiger partial charge < -0.3 is 15.2 Å². The minimum absolute atomic E-state index is 0.0957. The number of carbonyl (C=O) groups is 1. The van der Waals surface area contributed by atoms with Crippen LogP contribution in [0.3, 0.4) is 0 Å². The minimum Gasteiger partial charge on any atom is -0.508 e. The number of benzene rings is 1. The lowest BCUT2D eigenvalue weighted by atomic mass is 10.3. The third-order valence-electron chi connectivity index (χ3n) is 1.95. The topological polar surface area (TPSA) is 58.6 Å². The van der Waals surface area contributed by atoms with Gasteiger partial charge in [-0.25, -0.2) is 0 Å². The quantitative estimate of drug-likeness (QED) is 0.816. The standard InChI is InChI=1S/C12H17NO3/c1-8(2)13-12(15)9(3)16-11-6-4-10(14)5-7-11/h4-9,14H,1-3H3,(H,13,15). The summed E-state index contributed by atoms with van der Waals surface area (Å²) in [6.45, 7) is 5.47. The van der Waals surface area contributed by atoms with Gasteiger partial charge in [-0.05, 0) is 45.0 Å². The molecule has 0 fully saturated rings. The van der Waals surface area contributed by atoms with E-state index in [0.29, 0.717) is 5.75 Å². The van der Waals surface area contributed by atoms with Gasteiger partial charge >= 0.3 is 0 Å². The fourth-order valence-electron chi connectivity index (χ4n) is 1.18. The highest BCUT2D eigenvalue weighted by atomic mass is 16.5. The van der Waals surface area contributed by atoms with E-state index in [-0.39, 0.29) is 17.7 Å². The molecule has 2 N–H and O–H groups in total. The van der Waals surface area contributed by atoms with Crippen LogP contribution in [0, 0.1) is 0 Å². The van der Waals surface area contributed by atoms with Gasteiger partial charge in [0, 0.05) is 6.04 Å². The lowest BCUT2D eigenvalue weighted by molar-refractivity contribution is -0.127. The van der Waals surface area contributed by atoms with E-state index in [2.05, 4.69) is 5.32 Å². The number of aromatic hydroxyl groups is 1. The Morgan fingerprint density at radius 3 is 2.31 bits per heavy atom. The van der Waals surface area contributed by atoms with Crippen molar-refractivity contribution in [1.82, 2.24) is 5.32 Å². The molecule has 1 aromatic rings. The summed E-state index contributed by atoms with van der Waals surface area (Å²) in [5.41, 5.74) is 0. The number of nitrogens with one attached hydrogen (secondary N) is 1. The largest absolute Gasteiger partial charge is 0.508 e. The Morgan fingerprint density at radius 2 is 1.81 bits per heavy atom. The fourth-order valence-corrected chi connectivity index (χ4v) is 1.18. The molecule has 1 rings (SSSR count). The summed E-state index contributed by atoms with van der Waals surface area (Å²) in [4.78, 5) is 11.5. The van der Waals surface area contributed by atoms with Crippen LogP contribution in [0.5, 0.6) is 11.5 Å². The normalized spacial score (nSPS) is 12.2. The van der Waals surface area contributed by atoms with Gasteiger partial charge in [0.15, 0.2) is 6.10 Å². The van der Waals surface area contributed by atoms with Crippen molar-refractivity contribution in [1.29, 1.82) is 0 Å². The number of rotatable bonds is 4.